The van der Waals surface area contributed by atoms with Crippen LogP contribution in [-0.2, 0) is 24.5 Å². The fourth-order valence-corrected chi connectivity index (χ4v) is 2.28. The van der Waals surface area contributed by atoms with E-state index in [4.69, 9.17) is 9.15 Å². The van der Waals surface area contributed by atoms with Crippen molar-refractivity contribution in [2.24, 2.45) is 0 Å². The van der Waals surface area contributed by atoms with Crippen LogP contribution in [0.15, 0.2) is 45.5 Å². The lowest BCUT2D eigenvalue weighted by Gasteiger charge is -2.20. The lowest BCUT2D eigenvalue weighted by molar-refractivity contribution is 0.0916. The second-order valence-electron chi connectivity index (χ2n) is 6.06. The molecule has 0 radical (unpaired) electrons. The first kappa shape index (κ1) is 16.3. The predicted molar refractivity (Wildman–Crippen MR) is 87.9 cm³/mol. The molecule has 0 atom stereocenters. The van der Waals surface area contributed by atoms with Crippen LogP contribution in [0.4, 0.5) is 0 Å². The lowest BCUT2D eigenvalue weighted by atomic mass is 10.1. The van der Waals surface area contributed by atoms with Gasteiger partial charge in [-0.3, -0.25) is 0 Å². The van der Waals surface area contributed by atoms with E-state index in [1.807, 2.05) is 30.3 Å². The normalized spacial score (nSPS) is 11.8. The van der Waals surface area contributed by atoms with Crippen molar-refractivity contribution in [3.8, 4) is 0 Å². The zero-order valence-corrected chi connectivity index (χ0v) is 14.4. The molecule has 0 amide bonds. The van der Waals surface area contributed by atoms with E-state index in [-0.39, 0.29) is 5.54 Å². The van der Waals surface area contributed by atoms with Gasteiger partial charge in [0, 0.05) is 22.1 Å². The molecule has 0 aliphatic heterocycles. The molecule has 0 bridgehead atoms. The van der Waals surface area contributed by atoms with Crippen LogP contribution in [-0.4, -0.2) is 5.54 Å². The molecule has 1 heterocycles. The number of benzene rings is 1. The first-order valence-electron chi connectivity index (χ1n) is 7.07. The highest BCUT2D eigenvalue weighted by Gasteiger charge is 2.12. The van der Waals surface area contributed by atoms with E-state index >= 15 is 0 Å². The van der Waals surface area contributed by atoms with Gasteiger partial charge in [-0.1, -0.05) is 34.1 Å². The van der Waals surface area contributed by atoms with Crippen LogP contribution in [0.3, 0.4) is 0 Å². The van der Waals surface area contributed by atoms with Crippen LogP contribution in [0.2, 0.25) is 0 Å². The molecule has 21 heavy (non-hydrogen) atoms. The summed E-state index contributed by atoms with van der Waals surface area (Å²) in [7, 11) is 0. The molecule has 0 aliphatic carbocycles. The Morgan fingerprint density at radius 1 is 1.10 bits per heavy atom. The number of nitrogens with one attached hydrogen (secondary N) is 1. The summed E-state index contributed by atoms with van der Waals surface area (Å²) >= 11 is 3.52. The molecule has 0 aliphatic rings. The van der Waals surface area contributed by atoms with Gasteiger partial charge in [-0.25, -0.2) is 0 Å². The Balaban J connectivity index is 1.87. The van der Waals surface area contributed by atoms with E-state index in [1.165, 1.54) is 0 Å². The van der Waals surface area contributed by atoms with Gasteiger partial charge in [-0.05, 0) is 38.5 Å². The minimum Gasteiger partial charge on any atom is -0.467 e. The SMILES string of the molecule is CC(C)(C)NCc1ccoc1COCc1ccccc1Br. The monoisotopic (exact) mass is 351 g/mol. The van der Waals surface area contributed by atoms with E-state index < -0.39 is 0 Å². The van der Waals surface area contributed by atoms with Crippen molar-refractivity contribution < 1.29 is 9.15 Å². The second kappa shape index (κ2) is 7.25. The highest BCUT2D eigenvalue weighted by molar-refractivity contribution is 9.10. The molecule has 2 aromatic rings. The third-order valence-electron chi connectivity index (χ3n) is 3.10. The van der Waals surface area contributed by atoms with Crippen molar-refractivity contribution in [1.29, 1.82) is 0 Å². The molecule has 0 fully saturated rings. The second-order valence-corrected chi connectivity index (χ2v) is 6.91. The molecule has 1 N–H and O–H groups in total. The standard InChI is InChI=1S/C17H22BrNO2/c1-17(2,3)19-10-13-8-9-21-16(13)12-20-11-14-6-4-5-7-15(14)18/h4-9,19H,10-12H2,1-3H3. The van der Waals surface area contributed by atoms with Gasteiger partial charge in [0.25, 0.3) is 0 Å². The van der Waals surface area contributed by atoms with Crippen LogP contribution < -0.4 is 5.32 Å². The van der Waals surface area contributed by atoms with Gasteiger partial charge >= 0.3 is 0 Å². The predicted octanol–water partition coefficient (Wildman–Crippen LogP) is 4.65. The van der Waals surface area contributed by atoms with E-state index in [9.17, 15) is 0 Å². The fraction of sp³-hybridized carbons (Fsp3) is 0.412. The molecule has 0 unspecified atom stereocenters. The number of ether oxygens (including phenoxy) is 1. The number of rotatable bonds is 6. The Morgan fingerprint density at radius 2 is 1.86 bits per heavy atom. The van der Waals surface area contributed by atoms with Gasteiger partial charge in [0.1, 0.15) is 12.4 Å². The van der Waals surface area contributed by atoms with Gasteiger partial charge in [-0.15, -0.1) is 0 Å². The summed E-state index contributed by atoms with van der Waals surface area (Å²) in [6, 6.07) is 10.1. The zero-order valence-electron chi connectivity index (χ0n) is 12.8. The minimum atomic E-state index is 0.0876. The summed E-state index contributed by atoms with van der Waals surface area (Å²) in [5.74, 6) is 0.888. The van der Waals surface area contributed by atoms with Crippen LogP contribution in [0, 0.1) is 0 Å². The number of hydrogen-bond acceptors (Lipinski definition) is 3. The largest absolute Gasteiger partial charge is 0.467 e. The molecule has 1 aromatic heterocycles. The molecular formula is C17H22BrNO2. The van der Waals surface area contributed by atoms with Crippen LogP contribution in [0.25, 0.3) is 0 Å². The molecular weight excluding hydrogens is 330 g/mol. The minimum absolute atomic E-state index is 0.0876. The van der Waals surface area contributed by atoms with Crippen molar-refractivity contribution in [3.05, 3.63) is 58.0 Å². The number of furan rings is 1. The van der Waals surface area contributed by atoms with Gasteiger partial charge < -0.3 is 14.5 Å². The lowest BCUT2D eigenvalue weighted by Crippen LogP contribution is -2.35. The third kappa shape index (κ3) is 5.30. The molecule has 2 rings (SSSR count). The van der Waals surface area contributed by atoms with Crippen LogP contribution >= 0.6 is 15.9 Å². The van der Waals surface area contributed by atoms with Gasteiger partial charge in [-0.2, -0.15) is 0 Å². The Kier molecular flexibility index (Phi) is 5.62. The van der Waals surface area contributed by atoms with Gasteiger partial charge in [0.2, 0.25) is 0 Å². The maximum atomic E-state index is 5.77. The Hall–Kier alpha value is -1.10. The van der Waals surface area contributed by atoms with Crippen molar-refractivity contribution in [3.63, 3.8) is 0 Å². The number of halogens is 1. The third-order valence-corrected chi connectivity index (χ3v) is 3.87. The summed E-state index contributed by atoms with van der Waals surface area (Å²) in [4.78, 5) is 0. The highest BCUT2D eigenvalue weighted by atomic mass is 79.9. The summed E-state index contributed by atoms with van der Waals surface area (Å²) < 4.78 is 12.4. The van der Waals surface area contributed by atoms with Crippen molar-refractivity contribution in [2.75, 3.05) is 0 Å². The Labute approximate surface area is 134 Å². The van der Waals surface area contributed by atoms with Gasteiger partial charge in [0.15, 0.2) is 0 Å². The van der Waals surface area contributed by atoms with E-state index in [0.717, 1.165) is 27.9 Å². The summed E-state index contributed by atoms with van der Waals surface area (Å²) in [6.07, 6.45) is 1.72. The van der Waals surface area contributed by atoms with E-state index in [0.29, 0.717) is 13.2 Å². The quantitative estimate of drug-likeness (QED) is 0.822. The summed E-state index contributed by atoms with van der Waals surface area (Å²) in [6.45, 7) is 8.28. The molecule has 114 valence electrons. The molecule has 1 aromatic carbocycles. The topological polar surface area (TPSA) is 34.4 Å². The Morgan fingerprint density at radius 3 is 2.57 bits per heavy atom. The summed E-state index contributed by atoms with van der Waals surface area (Å²) in [5, 5.41) is 3.46. The maximum Gasteiger partial charge on any atom is 0.133 e. The van der Waals surface area contributed by atoms with E-state index in [2.05, 4.69) is 42.0 Å². The van der Waals surface area contributed by atoms with Crippen LogP contribution in [0.1, 0.15) is 37.7 Å². The molecule has 0 saturated carbocycles. The Bertz CT molecular complexity index is 572. The highest BCUT2D eigenvalue weighted by Crippen LogP contribution is 2.18. The smallest absolute Gasteiger partial charge is 0.133 e. The van der Waals surface area contributed by atoms with Crippen molar-refractivity contribution in [1.82, 2.24) is 5.32 Å². The molecule has 0 spiro atoms. The van der Waals surface area contributed by atoms with Crippen molar-refractivity contribution >= 4 is 15.9 Å². The summed E-state index contributed by atoms with van der Waals surface area (Å²) in [5.41, 5.74) is 2.38. The molecule has 3 nitrogen and oxygen atoms in total. The average molecular weight is 352 g/mol. The first-order valence-corrected chi connectivity index (χ1v) is 7.86. The molecule has 4 heteroatoms. The van der Waals surface area contributed by atoms with Gasteiger partial charge in [0.05, 0.1) is 12.9 Å². The maximum absolute atomic E-state index is 5.77. The first-order chi connectivity index (χ1) is 9.96. The fourth-order valence-electron chi connectivity index (χ4n) is 1.88. The van der Waals surface area contributed by atoms with E-state index in [1.54, 1.807) is 6.26 Å². The number of hydrogen-bond donors (Lipinski definition) is 1. The van der Waals surface area contributed by atoms with Crippen molar-refractivity contribution in [2.45, 2.75) is 46.1 Å². The zero-order chi connectivity index (χ0) is 15.3. The molecule has 0 saturated heterocycles. The van der Waals surface area contributed by atoms with Crippen LogP contribution in [0.5, 0.6) is 0 Å². The average Bonchev–Trinajstić information content (AvgIpc) is 2.85.